The molecule has 23 heavy (non-hydrogen) atoms. The summed E-state index contributed by atoms with van der Waals surface area (Å²) in [5, 5.41) is 6.00. The van der Waals surface area contributed by atoms with E-state index >= 15 is 0 Å². The zero-order valence-corrected chi connectivity index (χ0v) is 16.0. The molecule has 0 amide bonds. The van der Waals surface area contributed by atoms with Gasteiger partial charge < -0.3 is 15.0 Å². The highest BCUT2D eigenvalue weighted by Gasteiger charge is 2.13. The molecule has 1 unspecified atom stereocenters. The predicted octanol–water partition coefficient (Wildman–Crippen LogP) is 1.29. The normalized spacial score (nSPS) is 13.9. The van der Waals surface area contributed by atoms with Crippen molar-refractivity contribution in [3.05, 3.63) is 16.1 Å². The van der Waals surface area contributed by atoms with Gasteiger partial charge in [-0.05, 0) is 6.92 Å². The third-order valence-corrected chi connectivity index (χ3v) is 6.14. The van der Waals surface area contributed by atoms with Crippen LogP contribution in [0.2, 0.25) is 0 Å². The van der Waals surface area contributed by atoms with Gasteiger partial charge >= 0.3 is 0 Å². The van der Waals surface area contributed by atoms with Crippen LogP contribution in [0.1, 0.15) is 30.7 Å². The molecule has 0 aliphatic rings. The average Bonchev–Trinajstić information content (AvgIpc) is 2.99. The second-order valence-corrected chi connectivity index (χ2v) is 8.48. The number of sulfone groups is 1. The lowest BCUT2D eigenvalue weighted by Gasteiger charge is -2.21. The summed E-state index contributed by atoms with van der Waals surface area (Å²) < 4.78 is 28.3. The molecule has 7 nitrogen and oxygen atoms in total. The third-order valence-electron chi connectivity index (χ3n) is 3.38. The van der Waals surface area contributed by atoms with Crippen LogP contribution in [0, 0.1) is 0 Å². The Labute approximate surface area is 142 Å². The van der Waals surface area contributed by atoms with Crippen molar-refractivity contribution < 1.29 is 13.2 Å². The van der Waals surface area contributed by atoms with E-state index in [1.165, 1.54) is 0 Å². The van der Waals surface area contributed by atoms with Crippen LogP contribution in [-0.2, 0) is 21.1 Å². The van der Waals surface area contributed by atoms with Crippen molar-refractivity contribution in [2.45, 2.75) is 26.5 Å². The van der Waals surface area contributed by atoms with Gasteiger partial charge in [0.05, 0.1) is 18.0 Å². The van der Waals surface area contributed by atoms with Crippen LogP contribution in [-0.4, -0.2) is 63.5 Å². The third kappa shape index (κ3) is 6.44. The minimum absolute atomic E-state index is 0.0178. The summed E-state index contributed by atoms with van der Waals surface area (Å²) in [5.74, 6) is 0.899. The van der Waals surface area contributed by atoms with E-state index in [4.69, 9.17) is 4.74 Å². The summed E-state index contributed by atoms with van der Waals surface area (Å²) in [7, 11) is 2.25. The maximum atomic E-state index is 11.5. The number of aliphatic imine (C=N–C) groups is 1. The first-order chi connectivity index (χ1) is 10.8. The highest BCUT2D eigenvalue weighted by molar-refractivity contribution is 7.91. The van der Waals surface area contributed by atoms with Gasteiger partial charge in [-0.25, -0.2) is 13.4 Å². The van der Waals surface area contributed by atoms with Crippen molar-refractivity contribution in [2.75, 3.05) is 39.3 Å². The molecule has 0 aliphatic heterocycles. The summed E-state index contributed by atoms with van der Waals surface area (Å²) >= 11 is 1.57. The molecule has 0 aliphatic carbocycles. The van der Waals surface area contributed by atoms with Crippen LogP contribution < -0.4 is 5.32 Å². The first-order valence-electron chi connectivity index (χ1n) is 7.42. The number of thiazole rings is 1. The van der Waals surface area contributed by atoms with Gasteiger partial charge in [-0.2, -0.15) is 0 Å². The Balaban J connectivity index is 2.57. The zero-order chi connectivity index (χ0) is 17.5. The van der Waals surface area contributed by atoms with Gasteiger partial charge in [-0.15, -0.1) is 11.3 Å². The van der Waals surface area contributed by atoms with Crippen molar-refractivity contribution in [3.8, 4) is 0 Å². The summed E-state index contributed by atoms with van der Waals surface area (Å²) in [6.45, 7) is 4.54. The molecule has 0 saturated heterocycles. The minimum Gasteiger partial charge on any atom is -0.375 e. The van der Waals surface area contributed by atoms with E-state index < -0.39 is 9.84 Å². The molecule has 0 fully saturated rings. The van der Waals surface area contributed by atoms with E-state index in [1.54, 1.807) is 32.4 Å². The van der Waals surface area contributed by atoms with Gasteiger partial charge in [0.1, 0.15) is 11.1 Å². The molecular formula is C14H26N4O3S2. The minimum atomic E-state index is -2.98. The number of ether oxygens (including phenoxy) is 1. The van der Waals surface area contributed by atoms with Crippen LogP contribution in [0.3, 0.4) is 0 Å². The van der Waals surface area contributed by atoms with Crippen LogP contribution in [0.5, 0.6) is 0 Å². The van der Waals surface area contributed by atoms with Gasteiger partial charge in [0.15, 0.2) is 15.8 Å². The summed E-state index contributed by atoms with van der Waals surface area (Å²) in [4.78, 5) is 10.6. The first kappa shape index (κ1) is 19.9. The van der Waals surface area contributed by atoms with Crippen LogP contribution in [0.25, 0.3) is 0 Å². The largest absolute Gasteiger partial charge is 0.375 e. The van der Waals surface area contributed by atoms with E-state index in [2.05, 4.69) is 15.3 Å². The lowest BCUT2D eigenvalue weighted by molar-refractivity contribution is 0.119. The summed E-state index contributed by atoms with van der Waals surface area (Å²) in [5.41, 5.74) is 0.931. The SMILES string of the molecule is CCS(=O)(=O)CCNC(=NC)N(C)Cc1csc(C(C)OC)n1. The molecule has 0 saturated carbocycles. The maximum Gasteiger partial charge on any atom is 0.193 e. The van der Waals surface area contributed by atoms with Crippen molar-refractivity contribution in [2.24, 2.45) is 4.99 Å². The standard InChI is InChI=1S/C14H26N4O3S2/c1-6-23(19,20)8-7-16-14(15-3)18(4)9-12-10-22-13(17-12)11(2)21-5/h10-11H,6-9H2,1-5H3,(H,15,16). The molecule has 9 heteroatoms. The van der Waals surface area contributed by atoms with Gasteiger partial charge in [0.25, 0.3) is 0 Å². The fourth-order valence-corrected chi connectivity index (χ4v) is 3.39. The number of aromatic nitrogens is 1. The monoisotopic (exact) mass is 362 g/mol. The molecular weight excluding hydrogens is 336 g/mol. The molecule has 1 aromatic rings. The Morgan fingerprint density at radius 1 is 1.57 bits per heavy atom. The van der Waals surface area contributed by atoms with E-state index in [0.717, 1.165) is 10.7 Å². The number of nitrogens with zero attached hydrogens (tertiary/aromatic N) is 3. The summed E-state index contributed by atoms with van der Waals surface area (Å²) in [6.07, 6.45) is -0.0178. The number of rotatable bonds is 8. The second kappa shape index (κ2) is 9.19. The Morgan fingerprint density at radius 3 is 2.83 bits per heavy atom. The highest BCUT2D eigenvalue weighted by Crippen LogP contribution is 2.20. The average molecular weight is 363 g/mol. The number of methoxy groups -OCH3 is 1. The predicted molar refractivity (Wildman–Crippen MR) is 94.7 cm³/mol. The van der Waals surface area contributed by atoms with Crippen LogP contribution in [0.4, 0.5) is 0 Å². The van der Waals surface area contributed by atoms with Gasteiger partial charge in [0.2, 0.25) is 0 Å². The molecule has 0 radical (unpaired) electrons. The molecule has 0 aromatic carbocycles. The Morgan fingerprint density at radius 2 is 2.26 bits per heavy atom. The molecule has 1 aromatic heterocycles. The Kier molecular flexibility index (Phi) is 7.93. The topological polar surface area (TPSA) is 83.9 Å². The Hall–Kier alpha value is -1.19. The second-order valence-electron chi connectivity index (χ2n) is 5.12. The quantitative estimate of drug-likeness (QED) is 0.554. The Bertz CT molecular complexity index is 613. The fraction of sp³-hybridized carbons (Fsp3) is 0.714. The summed E-state index contributed by atoms with van der Waals surface area (Å²) in [6, 6.07) is 0. The number of nitrogens with one attached hydrogen (secondary N) is 1. The van der Waals surface area contributed by atoms with Crippen LogP contribution >= 0.6 is 11.3 Å². The van der Waals surface area contributed by atoms with Crippen molar-refractivity contribution in [1.82, 2.24) is 15.2 Å². The molecule has 0 bridgehead atoms. The van der Waals surface area contributed by atoms with Gasteiger partial charge in [0, 0.05) is 38.9 Å². The first-order valence-corrected chi connectivity index (χ1v) is 10.1. The highest BCUT2D eigenvalue weighted by atomic mass is 32.2. The molecule has 132 valence electrons. The maximum absolute atomic E-state index is 11.5. The van der Waals surface area contributed by atoms with Crippen LogP contribution in [0.15, 0.2) is 10.4 Å². The number of hydrogen-bond donors (Lipinski definition) is 1. The van der Waals surface area contributed by atoms with E-state index in [9.17, 15) is 8.42 Å². The number of hydrogen-bond acceptors (Lipinski definition) is 6. The molecule has 1 heterocycles. The lowest BCUT2D eigenvalue weighted by Crippen LogP contribution is -2.40. The zero-order valence-electron chi connectivity index (χ0n) is 14.4. The van der Waals surface area contributed by atoms with Crippen molar-refractivity contribution >= 4 is 27.1 Å². The van der Waals surface area contributed by atoms with E-state index in [0.29, 0.717) is 19.0 Å². The van der Waals surface area contributed by atoms with E-state index in [-0.39, 0.29) is 17.6 Å². The molecule has 0 spiro atoms. The lowest BCUT2D eigenvalue weighted by atomic mass is 10.4. The van der Waals surface area contributed by atoms with Crippen molar-refractivity contribution in [1.29, 1.82) is 0 Å². The van der Waals surface area contributed by atoms with Gasteiger partial charge in [-0.1, -0.05) is 6.92 Å². The molecule has 1 rings (SSSR count). The smallest absolute Gasteiger partial charge is 0.193 e. The molecule has 1 atom stereocenters. The van der Waals surface area contributed by atoms with E-state index in [1.807, 2.05) is 24.3 Å². The fourth-order valence-electron chi connectivity index (χ4n) is 1.85. The van der Waals surface area contributed by atoms with Gasteiger partial charge in [-0.3, -0.25) is 4.99 Å². The van der Waals surface area contributed by atoms with Crippen molar-refractivity contribution in [3.63, 3.8) is 0 Å². The number of guanidine groups is 1. The molecule has 1 N–H and O–H groups in total.